The number of methoxy groups -OCH3 is 1. The largest absolute Gasteiger partial charge is 0.481 e. The number of piperidine rings is 1. The van der Waals surface area contributed by atoms with Crippen LogP contribution in [-0.2, 0) is 24.8 Å². The topological polar surface area (TPSA) is 68.2 Å². The third kappa shape index (κ3) is 3.12. The number of hydrogen-bond donors (Lipinski definition) is 2. The van der Waals surface area contributed by atoms with Crippen LogP contribution in [0.2, 0.25) is 0 Å². The molecule has 1 aliphatic heterocycles. The maximum absolute atomic E-state index is 12.2. The normalized spacial score (nSPS) is 16.1. The Kier molecular flexibility index (Phi) is 5.00. The minimum atomic E-state index is 0.129. The summed E-state index contributed by atoms with van der Waals surface area (Å²) >= 11 is 0. The Morgan fingerprint density at radius 2 is 2.20 bits per heavy atom. The fourth-order valence-electron chi connectivity index (χ4n) is 2.73. The Balaban J connectivity index is 2.00. The number of carbonyl (C=O) groups is 1. The number of ether oxygens (including phenoxy) is 1. The number of aromatic nitrogens is 2. The lowest BCUT2D eigenvalue weighted by Gasteiger charge is -2.21. The Hall–Kier alpha value is -1.56. The molecule has 0 aliphatic carbocycles. The van der Waals surface area contributed by atoms with E-state index >= 15 is 0 Å². The van der Waals surface area contributed by atoms with Crippen LogP contribution in [0.3, 0.4) is 0 Å². The van der Waals surface area contributed by atoms with Crippen molar-refractivity contribution in [3.8, 4) is 5.88 Å². The van der Waals surface area contributed by atoms with E-state index in [-0.39, 0.29) is 11.8 Å². The third-order valence-corrected chi connectivity index (χ3v) is 3.85. The molecule has 6 heteroatoms. The van der Waals surface area contributed by atoms with Gasteiger partial charge in [-0.15, -0.1) is 0 Å². The highest BCUT2D eigenvalue weighted by molar-refractivity contribution is 5.78. The molecule has 2 heterocycles. The number of hydrogen-bond acceptors (Lipinski definition) is 4. The van der Waals surface area contributed by atoms with Crippen LogP contribution in [0.1, 0.15) is 31.0 Å². The molecule has 0 radical (unpaired) electrons. The summed E-state index contributed by atoms with van der Waals surface area (Å²) < 4.78 is 7.10. The fraction of sp³-hybridized carbons (Fsp3) is 0.714. The van der Waals surface area contributed by atoms with Crippen molar-refractivity contribution in [2.24, 2.45) is 13.0 Å². The molecule has 112 valence electrons. The van der Waals surface area contributed by atoms with Crippen LogP contribution in [0.15, 0.2) is 0 Å². The molecule has 0 atom stereocenters. The smallest absolute Gasteiger partial charge is 0.223 e. The minimum absolute atomic E-state index is 0.129. The molecule has 0 aromatic carbocycles. The van der Waals surface area contributed by atoms with Crippen LogP contribution in [0.5, 0.6) is 5.88 Å². The van der Waals surface area contributed by atoms with Gasteiger partial charge in [-0.1, -0.05) is 6.92 Å². The molecule has 20 heavy (non-hydrogen) atoms. The molecule has 0 unspecified atom stereocenters. The summed E-state index contributed by atoms with van der Waals surface area (Å²) in [6.45, 7) is 4.39. The highest BCUT2D eigenvalue weighted by atomic mass is 16.5. The van der Waals surface area contributed by atoms with E-state index < -0.39 is 0 Å². The predicted octanol–water partition coefficient (Wildman–Crippen LogP) is 0.607. The molecule has 2 rings (SSSR count). The molecular weight excluding hydrogens is 256 g/mol. The van der Waals surface area contributed by atoms with Gasteiger partial charge in [0.15, 0.2) is 0 Å². The second-order valence-electron chi connectivity index (χ2n) is 5.15. The summed E-state index contributed by atoms with van der Waals surface area (Å²) in [5, 5.41) is 10.7. The van der Waals surface area contributed by atoms with Crippen LogP contribution in [0.4, 0.5) is 0 Å². The van der Waals surface area contributed by atoms with Crippen molar-refractivity contribution in [1.82, 2.24) is 20.4 Å². The molecule has 6 nitrogen and oxygen atoms in total. The lowest BCUT2D eigenvalue weighted by Crippen LogP contribution is -2.38. The monoisotopic (exact) mass is 280 g/mol. The van der Waals surface area contributed by atoms with Crippen LogP contribution < -0.4 is 15.4 Å². The Morgan fingerprint density at radius 1 is 1.50 bits per heavy atom. The van der Waals surface area contributed by atoms with Gasteiger partial charge in [-0.2, -0.15) is 5.10 Å². The van der Waals surface area contributed by atoms with E-state index in [4.69, 9.17) is 4.74 Å². The van der Waals surface area contributed by atoms with Gasteiger partial charge in [0.2, 0.25) is 11.8 Å². The van der Waals surface area contributed by atoms with E-state index in [1.807, 2.05) is 7.05 Å². The summed E-state index contributed by atoms with van der Waals surface area (Å²) in [6, 6.07) is 0. The first-order chi connectivity index (χ1) is 9.67. The van der Waals surface area contributed by atoms with Crippen molar-refractivity contribution in [3.05, 3.63) is 11.3 Å². The molecule has 1 aliphatic rings. The van der Waals surface area contributed by atoms with Gasteiger partial charge in [-0.05, 0) is 32.4 Å². The Labute approximate surface area is 119 Å². The number of nitrogens with one attached hydrogen (secondary N) is 2. The number of nitrogens with zero attached hydrogens (tertiary/aromatic N) is 2. The zero-order valence-electron chi connectivity index (χ0n) is 12.5. The summed E-state index contributed by atoms with van der Waals surface area (Å²) in [5.41, 5.74) is 1.97. The SMILES string of the molecule is CCc1nn(C)c(OC)c1CNC(=O)C1CCNCC1. The van der Waals surface area contributed by atoms with Crippen molar-refractivity contribution >= 4 is 5.91 Å². The van der Waals surface area contributed by atoms with Crippen molar-refractivity contribution in [3.63, 3.8) is 0 Å². The first kappa shape index (κ1) is 14.8. The second kappa shape index (κ2) is 6.74. The molecule has 1 amide bonds. The lowest BCUT2D eigenvalue weighted by molar-refractivity contribution is -0.125. The van der Waals surface area contributed by atoms with Gasteiger partial charge < -0.3 is 15.4 Å². The predicted molar refractivity (Wildman–Crippen MR) is 76.6 cm³/mol. The summed E-state index contributed by atoms with van der Waals surface area (Å²) in [5.74, 6) is 0.996. The van der Waals surface area contributed by atoms with Gasteiger partial charge in [-0.25, -0.2) is 4.68 Å². The van der Waals surface area contributed by atoms with Gasteiger partial charge >= 0.3 is 0 Å². The van der Waals surface area contributed by atoms with Crippen LogP contribution >= 0.6 is 0 Å². The van der Waals surface area contributed by atoms with E-state index in [1.165, 1.54) is 0 Å². The summed E-state index contributed by atoms with van der Waals surface area (Å²) in [6.07, 6.45) is 2.66. The van der Waals surface area contributed by atoms with Crippen molar-refractivity contribution in [2.45, 2.75) is 32.7 Å². The maximum atomic E-state index is 12.2. The van der Waals surface area contributed by atoms with Crippen molar-refractivity contribution < 1.29 is 9.53 Å². The average Bonchev–Trinajstić information content (AvgIpc) is 2.80. The van der Waals surface area contributed by atoms with Gasteiger partial charge in [0.25, 0.3) is 0 Å². The van der Waals surface area contributed by atoms with Gasteiger partial charge in [0.05, 0.1) is 18.4 Å². The van der Waals surface area contributed by atoms with Crippen LogP contribution in [0, 0.1) is 5.92 Å². The van der Waals surface area contributed by atoms with E-state index in [0.717, 1.165) is 49.5 Å². The van der Waals surface area contributed by atoms with Crippen LogP contribution in [-0.4, -0.2) is 35.9 Å². The lowest BCUT2D eigenvalue weighted by atomic mass is 9.97. The van der Waals surface area contributed by atoms with Crippen molar-refractivity contribution in [1.29, 1.82) is 0 Å². The standard InChI is InChI=1S/C14H24N4O2/c1-4-12-11(14(20-3)18(2)17-12)9-16-13(19)10-5-7-15-8-6-10/h10,15H,4-9H2,1-3H3,(H,16,19). The molecule has 1 aromatic rings. The molecule has 2 N–H and O–H groups in total. The minimum Gasteiger partial charge on any atom is -0.481 e. The van der Waals surface area contributed by atoms with E-state index in [2.05, 4.69) is 22.7 Å². The van der Waals surface area contributed by atoms with E-state index in [1.54, 1.807) is 11.8 Å². The Bertz CT molecular complexity index is 464. The molecule has 0 spiro atoms. The van der Waals surface area contributed by atoms with E-state index in [9.17, 15) is 4.79 Å². The summed E-state index contributed by atoms with van der Waals surface area (Å²) in [4.78, 5) is 12.2. The summed E-state index contributed by atoms with van der Waals surface area (Å²) in [7, 11) is 3.49. The maximum Gasteiger partial charge on any atom is 0.223 e. The van der Waals surface area contributed by atoms with Gasteiger partial charge in [0.1, 0.15) is 0 Å². The quantitative estimate of drug-likeness (QED) is 0.829. The molecule has 1 aromatic heterocycles. The fourth-order valence-corrected chi connectivity index (χ4v) is 2.73. The highest BCUT2D eigenvalue weighted by Gasteiger charge is 2.22. The zero-order valence-corrected chi connectivity index (χ0v) is 12.5. The Morgan fingerprint density at radius 3 is 2.80 bits per heavy atom. The molecule has 1 fully saturated rings. The molecular formula is C14H24N4O2. The number of carbonyl (C=O) groups excluding carboxylic acids is 1. The third-order valence-electron chi connectivity index (χ3n) is 3.85. The number of aryl methyl sites for hydroxylation is 2. The number of rotatable bonds is 5. The van der Waals surface area contributed by atoms with Crippen molar-refractivity contribution in [2.75, 3.05) is 20.2 Å². The zero-order chi connectivity index (χ0) is 14.5. The first-order valence-electron chi connectivity index (χ1n) is 7.24. The van der Waals surface area contributed by atoms with Gasteiger partial charge in [0, 0.05) is 19.5 Å². The average molecular weight is 280 g/mol. The molecule has 0 bridgehead atoms. The molecule has 0 saturated carbocycles. The highest BCUT2D eigenvalue weighted by Crippen LogP contribution is 2.22. The first-order valence-corrected chi connectivity index (χ1v) is 7.24. The molecule has 1 saturated heterocycles. The van der Waals surface area contributed by atoms with Crippen LogP contribution in [0.25, 0.3) is 0 Å². The number of amides is 1. The second-order valence-corrected chi connectivity index (χ2v) is 5.15. The van der Waals surface area contributed by atoms with Gasteiger partial charge in [-0.3, -0.25) is 4.79 Å². The van der Waals surface area contributed by atoms with E-state index in [0.29, 0.717) is 6.54 Å².